The van der Waals surface area contributed by atoms with Crippen LogP contribution in [0.1, 0.15) is 45.4 Å². The summed E-state index contributed by atoms with van der Waals surface area (Å²) in [4.78, 5) is 12.0. The highest BCUT2D eigenvalue weighted by Gasteiger charge is 2.22. The second kappa shape index (κ2) is 9.83. The number of hydrogen-bond donors (Lipinski definition) is 2. The van der Waals surface area contributed by atoms with Gasteiger partial charge in [-0.1, -0.05) is 35.9 Å². The minimum atomic E-state index is -0.900. The number of carboxylic acids is 1. The van der Waals surface area contributed by atoms with E-state index in [4.69, 9.17) is 16.3 Å². The first kappa shape index (κ1) is 21.9. The average molecular weight is 427 g/mol. The summed E-state index contributed by atoms with van der Waals surface area (Å²) in [6.45, 7) is 8.17. The van der Waals surface area contributed by atoms with Gasteiger partial charge in [0.2, 0.25) is 0 Å². The molecule has 6 heteroatoms. The summed E-state index contributed by atoms with van der Waals surface area (Å²) in [7, 11) is 0. The Labute approximate surface area is 182 Å². The topological polar surface area (TPSA) is 63.5 Å². The molecule has 0 aliphatic carbocycles. The predicted octanol–water partition coefficient (Wildman–Crippen LogP) is 5.19. The Morgan fingerprint density at radius 1 is 1.00 bits per heavy atom. The largest absolute Gasteiger partial charge is 0.494 e. The van der Waals surface area contributed by atoms with E-state index >= 15 is 0 Å². The molecule has 0 aliphatic rings. The minimum absolute atomic E-state index is 0.376. The molecule has 3 aromatic rings. The Morgan fingerprint density at radius 3 is 2.23 bits per heavy atom. The summed E-state index contributed by atoms with van der Waals surface area (Å²) in [5.41, 5.74) is 5.10. The number of nitrogens with zero attached hydrogens (tertiary/aromatic N) is 1. The molecule has 0 aliphatic heterocycles. The van der Waals surface area contributed by atoms with Crippen LogP contribution >= 0.6 is 11.6 Å². The molecule has 0 saturated heterocycles. The maximum absolute atomic E-state index is 12.0. The number of aromatic nitrogens is 1. The van der Waals surface area contributed by atoms with Crippen molar-refractivity contribution < 1.29 is 14.6 Å². The molecular weight excluding hydrogens is 400 g/mol. The van der Waals surface area contributed by atoms with Crippen molar-refractivity contribution in [3.05, 3.63) is 87.2 Å². The summed E-state index contributed by atoms with van der Waals surface area (Å²) in [5.74, 6) is -0.0523. The molecule has 158 valence electrons. The van der Waals surface area contributed by atoms with Gasteiger partial charge in [0, 0.05) is 41.6 Å². The molecule has 0 radical (unpaired) electrons. The van der Waals surface area contributed by atoms with Crippen molar-refractivity contribution in [3.63, 3.8) is 0 Å². The first-order valence-corrected chi connectivity index (χ1v) is 10.4. The highest BCUT2D eigenvalue weighted by atomic mass is 35.5. The van der Waals surface area contributed by atoms with E-state index in [1.807, 2.05) is 69.3 Å². The number of carboxylic acid groups (broad SMARTS) is 1. The molecule has 0 saturated carbocycles. The van der Waals surface area contributed by atoms with E-state index in [0.717, 1.165) is 33.8 Å². The van der Waals surface area contributed by atoms with Gasteiger partial charge < -0.3 is 19.7 Å². The molecule has 0 bridgehead atoms. The van der Waals surface area contributed by atoms with Crippen LogP contribution in [0.3, 0.4) is 0 Å². The van der Waals surface area contributed by atoms with Gasteiger partial charge >= 0.3 is 5.97 Å². The molecule has 30 heavy (non-hydrogen) atoms. The SMILES string of the molecule is CCOc1ccc(CNCc2c(C(=O)O)c(C)n(Cc3ccc(Cl)cc3)c2C)cc1. The van der Waals surface area contributed by atoms with E-state index in [9.17, 15) is 9.90 Å². The van der Waals surface area contributed by atoms with E-state index in [-0.39, 0.29) is 0 Å². The van der Waals surface area contributed by atoms with Gasteiger partial charge in [-0.15, -0.1) is 0 Å². The number of carbonyl (C=O) groups is 1. The number of ether oxygens (including phenoxy) is 1. The first-order chi connectivity index (χ1) is 14.4. The molecule has 1 aromatic heterocycles. The maximum Gasteiger partial charge on any atom is 0.337 e. The van der Waals surface area contributed by atoms with Crippen molar-refractivity contribution in [1.82, 2.24) is 9.88 Å². The number of rotatable bonds is 9. The van der Waals surface area contributed by atoms with Crippen LogP contribution in [0.4, 0.5) is 0 Å². The molecule has 5 nitrogen and oxygen atoms in total. The number of halogens is 1. The van der Waals surface area contributed by atoms with Gasteiger partial charge in [-0.2, -0.15) is 0 Å². The molecular formula is C24H27ClN2O3. The third kappa shape index (κ3) is 5.04. The standard InChI is InChI=1S/C24H27ClN2O3/c1-4-30-21-11-7-18(8-12-21)13-26-14-22-16(2)27(17(3)23(22)24(28)29)15-19-5-9-20(25)10-6-19/h5-12,26H,4,13-15H2,1-3H3,(H,28,29). The van der Waals surface area contributed by atoms with Crippen molar-refractivity contribution in [3.8, 4) is 5.75 Å². The van der Waals surface area contributed by atoms with Crippen LogP contribution < -0.4 is 10.1 Å². The van der Waals surface area contributed by atoms with E-state index in [1.54, 1.807) is 0 Å². The van der Waals surface area contributed by atoms with E-state index < -0.39 is 5.97 Å². The Bertz CT molecular complexity index is 1010. The van der Waals surface area contributed by atoms with Crippen molar-refractivity contribution in [2.45, 2.75) is 40.4 Å². The van der Waals surface area contributed by atoms with Gasteiger partial charge in [-0.3, -0.25) is 0 Å². The number of nitrogens with one attached hydrogen (secondary N) is 1. The molecule has 0 unspecified atom stereocenters. The van der Waals surface area contributed by atoms with Crippen LogP contribution in [0.25, 0.3) is 0 Å². The molecule has 0 spiro atoms. The molecule has 2 N–H and O–H groups in total. The second-order valence-electron chi connectivity index (χ2n) is 7.22. The third-order valence-electron chi connectivity index (χ3n) is 5.24. The summed E-state index contributed by atoms with van der Waals surface area (Å²) < 4.78 is 7.52. The van der Waals surface area contributed by atoms with Crippen LogP contribution in [0.15, 0.2) is 48.5 Å². The Hall–Kier alpha value is -2.76. The Kier molecular flexibility index (Phi) is 7.19. The molecule has 0 fully saturated rings. The fourth-order valence-electron chi connectivity index (χ4n) is 3.66. The third-order valence-corrected chi connectivity index (χ3v) is 5.50. The van der Waals surface area contributed by atoms with Gasteiger partial charge in [-0.05, 0) is 56.2 Å². The van der Waals surface area contributed by atoms with Crippen LogP contribution in [0.5, 0.6) is 5.75 Å². The van der Waals surface area contributed by atoms with Gasteiger partial charge in [-0.25, -0.2) is 4.79 Å². The highest BCUT2D eigenvalue weighted by Crippen LogP contribution is 2.24. The quantitative estimate of drug-likeness (QED) is 0.494. The number of hydrogen-bond acceptors (Lipinski definition) is 3. The fourth-order valence-corrected chi connectivity index (χ4v) is 3.79. The lowest BCUT2D eigenvalue weighted by Gasteiger charge is -2.11. The van der Waals surface area contributed by atoms with Crippen LogP contribution in [-0.2, 0) is 19.6 Å². The smallest absolute Gasteiger partial charge is 0.337 e. The lowest BCUT2D eigenvalue weighted by Crippen LogP contribution is -2.15. The van der Waals surface area contributed by atoms with Crippen molar-refractivity contribution in [1.29, 1.82) is 0 Å². The number of benzene rings is 2. The first-order valence-electron chi connectivity index (χ1n) is 9.99. The van der Waals surface area contributed by atoms with Gasteiger partial charge in [0.25, 0.3) is 0 Å². The minimum Gasteiger partial charge on any atom is -0.494 e. The summed E-state index contributed by atoms with van der Waals surface area (Å²) >= 11 is 5.98. The summed E-state index contributed by atoms with van der Waals surface area (Å²) in [6.07, 6.45) is 0. The van der Waals surface area contributed by atoms with Gasteiger partial charge in [0.15, 0.2) is 0 Å². The summed E-state index contributed by atoms with van der Waals surface area (Å²) in [5, 5.41) is 13.9. The van der Waals surface area contributed by atoms with E-state index in [2.05, 4.69) is 9.88 Å². The van der Waals surface area contributed by atoms with Gasteiger partial charge in [0.05, 0.1) is 12.2 Å². The average Bonchev–Trinajstić information content (AvgIpc) is 2.95. The highest BCUT2D eigenvalue weighted by molar-refractivity contribution is 6.30. The van der Waals surface area contributed by atoms with Crippen LogP contribution in [0, 0.1) is 13.8 Å². The molecule has 0 atom stereocenters. The zero-order chi connectivity index (χ0) is 21.7. The summed E-state index contributed by atoms with van der Waals surface area (Å²) in [6, 6.07) is 15.5. The zero-order valence-corrected chi connectivity index (χ0v) is 18.3. The van der Waals surface area contributed by atoms with Gasteiger partial charge in [0.1, 0.15) is 5.75 Å². The van der Waals surface area contributed by atoms with Crippen molar-refractivity contribution in [2.75, 3.05) is 6.61 Å². The Morgan fingerprint density at radius 2 is 1.63 bits per heavy atom. The lowest BCUT2D eigenvalue weighted by atomic mass is 10.1. The van der Waals surface area contributed by atoms with E-state index in [0.29, 0.717) is 36.8 Å². The monoisotopic (exact) mass is 426 g/mol. The maximum atomic E-state index is 12.0. The second-order valence-corrected chi connectivity index (χ2v) is 7.66. The van der Waals surface area contributed by atoms with Crippen molar-refractivity contribution >= 4 is 17.6 Å². The number of aromatic carboxylic acids is 1. The van der Waals surface area contributed by atoms with Crippen LogP contribution in [-0.4, -0.2) is 22.2 Å². The lowest BCUT2D eigenvalue weighted by molar-refractivity contribution is 0.0694. The zero-order valence-electron chi connectivity index (χ0n) is 17.5. The van der Waals surface area contributed by atoms with Crippen LogP contribution in [0.2, 0.25) is 5.02 Å². The molecule has 0 amide bonds. The molecule has 2 aromatic carbocycles. The van der Waals surface area contributed by atoms with Crippen molar-refractivity contribution in [2.24, 2.45) is 0 Å². The normalized spacial score (nSPS) is 10.9. The van der Waals surface area contributed by atoms with E-state index in [1.165, 1.54) is 0 Å². The molecule has 3 rings (SSSR count). The fraction of sp³-hybridized carbons (Fsp3) is 0.292. The Balaban J connectivity index is 1.76. The molecule has 1 heterocycles. The predicted molar refractivity (Wildman–Crippen MR) is 120 cm³/mol.